The number of imide groups is 2. The van der Waals surface area contributed by atoms with Crippen LogP contribution in [-0.2, 0) is 9.59 Å². The van der Waals surface area contributed by atoms with Gasteiger partial charge in [-0.2, -0.15) is 0 Å². The van der Waals surface area contributed by atoms with Crippen LogP contribution in [0, 0.1) is 0 Å². The molecule has 1 aliphatic heterocycles. The van der Waals surface area contributed by atoms with E-state index in [4.69, 9.17) is 32.7 Å². The highest BCUT2D eigenvalue weighted by atomic mass is 79.9. The van der Waals surface area contributed by atoms with Crippen molar-refractivity contribution in [2.75, 3.05) is 18.1 Å². The van der Waals surface area contributed by atoms with Crippen LogP contribution < -0.4 is 19.7 Å². The Labute approximate surface area is 222 Å². The van der Waals surface area contributed by atoms with Gasteiger partial charge in [-0.05, 0) is 71.2 Å². The minimum atomic E-state index is -0.876. The van der Waals surface area contributed by atoms with Crippen molar-refractivity contribution < 1.29 is 23.9 Å². The van der Waals surface area contributed by atoms with Crippen molar-refractivity contribution in [3.05, 3.63) is 56.0 Å². The Kier molecular flexibility index (Phi) is 9.60. The van der Waals surface area contributed by atoms with Crippen molar-refractivity contribution in [2.24, 2.45) is 0 Å². The molecular formula is C25H25BrCl2N2O5. The van der Waals surface area contributed by atoms with Crippen molar-refractivity contribution >= 4 is 68.7 Å². The Morgan fingerprint density at radius 3 is 2.46 bits per heavy atom. The first kappa shape index (κ1) is 27.0. The van der Waals surface area contributed by atoms with Crippen LogP contribution in [0.5, 0.6) is 11.5 Å². The average Bonchev–Trinajstić information content (AvgIpc) is 2.80. The molecule has 0 unspecified atom stereocenters. The highest BCUT2D eigenvalue weighted by Crippen LogP contribution is 2.38. The molecular weight excluding hydrogens is 559 g/mol. The van der Waals surface area contributed by atoms with Gasteiger partial charge in [-0.25, -0.2) is 9.69 Å². The lowest BCUT2D eigenvalue weighted by molar-refractivity contribution is -0.122. The molecule has 3 rings (SSSR count). The van der Waals surface area contributed by atoms with E-state index >= 15 is 0 Å². The van der Waals surface area contributed by atoms with Crippen LogP contribution in [0.2, 0.25) is 10.0 Å². The van der Waals surface area contributed by atoms with Gasteiger partial charge in [0.25, 0.3) is 11.8 Å². The fourth-order valence-corrected chi connectivity index (χ4v) is 4.33. The van der Waals surface area contributed by atoms with Crippen LogP contribution in [0.15, 0.2) is 40.4 Å². The number of halogens is 3. The zero-order chi connectivity index (χ0) is 25.5. The standard InChI is InChI=1S/C25H25BrCl2N2O5/c1-3-5-6-7-10-35-22-18(26)12-15(13-21(22)34-4-2)11-17-23(31)29-25(33)30(24(17)32)16-8-9-19(27)20(28)14-16/h8-9,11-14H,3-7,10H2,1-2H3,(H,29,31,33)/b17-11-. The molecule has 2 aromatic rings. The van der Waals surface area contributed by atoms with Gasteiger partial charge in [-0.15, -0.1) is 0 Å². The lowest BCUT2D eigenvalue weighted by Crippen LogP contribution is -2.54. The van der Waals surface area contributed by atoms with E-state index in [2.05, 4.69) is 28.2 Å². The first-order valence-electron chi connectivity index (χ1n) is 11.2. The van der Waals surface area contributed by atoms with Gasteiger partial charge in [-0.3, -0.25) is 14.9 Å². The highest BCUT2D eigenvalue weighted by Gasteiger charge is 2.37. The van der Waals surface area contributed by atoms with Crippen LogP contribution in [-0.4, -0.2) is 31.1 Å². The van der Waals surface area contributed by atoms with E-state index in [0.717, 1.165) is 30.6 Å². The third kappa shape index (κ3) is 6.57. The van der Waals surface area contributed by atoms with E-state index in [0.29, 0.717) is 34.7 Å². The number of benzene rings is 2. The van der Waals surface area contributed by atoms with E-state index in [1.54, 1.807) is 12.1 Å². The summed E-state index contributed by atoms with van der Waals surface area (Å²) in [6.07, 6.45) is 5.68. The predicted molar refractivity (Wildman–Crippen MR) is 140 cm³/mol. The molecule has 0 aromatic heterocycles. The summed E-state index contributed by atoms with van der Waals surface area (Å²) >= 11 is 15.5. The molecule has 1 fully saturated rings. The molecule has 1 saturated heterocycles. The number of unbranched alkanes of at least 4 members (excludes halogenated alkanes) is 3. The van der Waals surface area contributed by atoms with Gasteiger partial charge in [0.2, 0.25) is 0 Å². The first-order chi connectivity index (χ1) is 16.8. The number of carbonyl (C=O) groups is 3. The van der Waals surface area contributed by atoms with Crippen LogP contribution in [0.3, 0.4) is 0 Å². The smallest absolute Gasteiger partial charge is 0.335 e. The van der Waals surface area contributed by atoms with Gasteiger partial charge < -0.3 is 9.47 Å². The number of urea groups is 1. The van der Waals surface area contributed by atoms with Crippen LogP contribution in [0.25, 0.3) is 6.08 Å². The molecule has 10 heteroatoms. The number of hydrogen-bond donors (Lipinski definition) is 1. The van der Waals surface area contributed by atoms with E-state index in [9.17, 15) is 14.4 Å². The number of amides is 4. The molecule has 0 radical (unpaired) electrons. The molecule has 7 nitrogen and oxygen atoms in total. The summed E-state index contributed by atoms with van der Waals surface area (Å²) in [7, 11) is 0. The third-order valence-corrected chi connectivity index (χ3v) is 6.48. The number of carbonyl (C=O) groups excluding carboxylic acids is 3. The molecule has 35 heavy (non-hydrogen) atoms. The number of barbiturate groups is 1. The maximum absolute atomic E-state index is 13.2. The third-order valence-electron chi connectivity index (χ3n) is 5.15. The number of rotatable bonds is 10. The van der Waals surface area contributed by atoms with Gasteiger partial charge >= 0.3 is 6.03 Å². The molecule has 4 amide bonds. The molecule has 1 heterocycles. The van der Waals surface area contributed by atoms with E-state index < -0.39 is 17.8 Å². The van der Waals surface area contributed by atoms with Crippen LogP contribution >= 0.6 is 39.1 Å². The summed E-state index contributed by atoms with van der Waals surface area (Å²) in [5.41, 5.74) is 0.474. The summed E-state index contributed by atoms with van der Waals surface area (Å²) in [6.45, 7) is 4.94. The molecule has 1 aliphatic rings. The molecule has 0 saturated carbocycles. The van der Waals surface area contributed by atoms with Gasteiger partial charge in [-0.1, -0.05) is 49.4 Å². The number of nitrogens with zero attached hydrogens (tertiary/aromatic N) is 1. The molecule has 0 aliphatic carbocycles. The van der Waals surface area contributed by atoms with E-state index in [1.807, 2.05) is 6.92 Å². The second-order valence-corrected chi connectivity index (χ2v) is 9.40. The largest absolute Gasteiger partial charge is 0.490 e. The average molecular weight is 584 g/mol. The lowest BCUT2D eigenvalue weighted by atomic mass is 10.1. The van der Waals surface area contributed by atoms with E-state index in [-0.39, 0.29) is 21.3 Å². The first-order valence-corrected chi connectivity index (χ1v) is 12.8. The highest BCUT2D eigenvalue weighted by molar-refractivity contribution is 9.10. The summed E-state index contributed by atoms with van der Waals surface area (Å²) in [5.74, 6) is -0.563. The molecule has 0 spiro atoms. The summed E-state index contributed by atoms with van der Waals surface area (Å²) in [4.78, 5) is 39.0. The number of hydrogen-bond acceptors (Lipinski definition) is 5. The molecule has 0 atom stereocenters. The Hall–Kier alpha value is -2.55. The number of anilines is 1. The zero-order valence-corrected chi connectivity index (χ0v) is 22.4. The Morgan fingerprint density at radius 2 is 1.77 bits per heavy atom. The van der Waals surface area contributed by atoms with Crippen LogP contribution in [0.1, 0.15) is 45.1 Å². The maximum atomic E-state index is 13.2. The van der Waals surface area contributed by atoms with Crippen molar-refractivity contribution in [3.63, 3.8) is 0 Å². The Balaban J connectivity index is 1.92. The number of ether oxygens (including phenoxy) is 2. The van der Waals surface area contributed by atoms with Crippen molar-refractivity contribution in [3.8, 4) is 11.5 Å². The van der Waals surface area contributed by atoms with Crippen LogP contribution in [0.4, 0.5) is 10.5 Å². The summed E-state index contributed by atoms with van der Waals surface area (Å²) in [6, 6.07) is 6.84. The van der Waals surface area contributed by atoms with Gasteiger partial charge in [0.05, 0.1) is 33.4 Å². The fraction of sp³-hybridized carbons (Fsp3) is 0.320. The van der Waals surface area contributed by atoms with Crippen molar-refractivity contribution in [1.29, 1.82) is 0 Å². The molecule has 1 N–H and O–H groups in total. The minimum absolute atomic E-state index is 0.169. The quantitative estimate of drug-likeness (QED) is 0.189. The SMILES string of the molecule is CCCCCCOc1c(Br)cc(/C=C2/C(=O)NC(=O)N(c3ccc(Cl)c(Cl)c3)C2=O)cc1OCC. The van der Waals surface area contributed by atoms with Gasteiger partial charge in [0, 0.05) is 0 Å². The predicted octanol–water partition coefficient (Wildman–Crippen LogP) is 6.78. The van der Waals surface area contributed by atoms with E-state index in [1.165, 1.54) is 24.3 Å². The molecule has 2 aromatic carbocycles. The Morgan fingerprint density at radius 1 is 1.00 bits per heavy atom. The Bertz CT molecular complexity index is 1170. The second kappa shape index (κ2) is 12.4. The minimum Gasteiger partial charge on any atom is -0.490 e. The van der Waals surface area contributed by atoms with Crippen molar-refractivity contribution in [2.45, 2.75) is 39.5 Å². The van der Waals surface area contributed by atoms with Gasteiger partial charge in [0.1, 0.15) is 5.57 Å². The summed E-state index contributed by atoms with van der Waals surface area (Å²) in [5, 5.41) is 2.63. The van der Waals surface area contributed by atoms with Gasteiger partial charge in [0.15, 0.2) is 11.5 Å². The monoisotopic (exact) mass is 582 g/mol. The number of nitrogens with one attached hydrogen (secondary N) is 1. The molecule has 186 valence electrons. The van der Waals surface area contributed by atoms with Crippen molar-refractivity contribution in [1.82, 2.24) is 5.32 Å². The second-order valence-electron chi connectivity index (χ2n) is 7.73. The zero-order valence-electron chi connectivity index (χ0n) is 19.3. The fourth-order valence-electron chi connectivity index (χ4n) is 3.46. The topological polar surface area (TPSA) is 84.9 Å². The maximum Gasteiger partial charge on any atom is 0.335 e. The summed E-state index contributed by atoms with van der Waals surface area (Å²) < 4.78 is 12.3. The lowest BCUT2D eigenvalue weighted by Gasteiger charge is -2.26. The normalized spacial score (nSPS) is 14.9. The molecule has 0 bridgehead atoms.